The molecule has 0 aromatic heterocycles. The van der Waals surface area contributed by atoms with Crippen LogP contribution in [0.1, 0.15) is 12.0 Å². The lowest BCUT2D eigenvalue weighted by Gasteiger charge is -2.03. The van der Waals surface area contributed by atoms with Gasteiger partial charge in [0, 0.05) is 17.7 Å². The van der Waals surface area contributed by atoms with Crippen molar-refractivity contribution in [2.45, 2.75) is 17.9 Å². The molecule has 0 aliphatic rings. The molecule has 0 fully saturated rings. The van der Waals surface area contributed by atoms with Gasteiger partial charge in [-0.3, -0.25) is 0 Å². The van der Waals surface area contributed by atoms with Gasteiger partial charge in [0.1, 0.15) is 9.84 Å². The van der Waals surface area contributed by atoms with Crippen molar-refractivity contribution in [2.24, 2.45) is 5.73 Å². The van der Waals surface area contributed by atoms with E-state index in [1.54, 1.807) is 11.8 Å². The first-order valence-corrected chi connectivity index (χ1v) is 8.15. The van der Waals surface area contributed by atoms with Gasteiger partial charge in [-0.2, -0.15) is 0 Å². The van der Waals surface area contributed by atoms with Crippen molar-refractivity contribution in [3.8, 4) is 0 Å². The van der Waals surface area contributed by atoms with Crippen molar-refractivity contribution < 1.29 is 8.42 Å². The van der Waals surface area contributed by atoms with Crippen LogP contribution in [0.25, 0.3) is 0 Å². The summed E-state index contributed by atoms with van der Waals surface area (Å²) in [4.78, 5) is 1.15. The fourth-order valence-electron chi connectivity index (χ4n) is 1.27. The lowest BCUT2D eigenvalue weighted by Crippen LogP contribution is -2.03. The van der Waals surface area contributed by atoms with Crippen LogP contribution in [0.5, 0.6) is 0 Å². The fraction of sp³-hybridized carbons (Fsp3) is 0.455. The van der Waals surface area contributed by atoms with Crippen LogP contribution in [-0.4, -0.2) is 26.2 Å². The van der Waals surface area contributed by atoms with Gasteiger partial charge in [-0.25, -0.2) is 8.42 Å². The summed E-state index contributed by atoms with van der Waals surface area (Å²) in [6.07, 6.45) is 1.96. The van der Waals surface area contributed by atoms with Crippen molar-refractivity contribution in [1.82, 2.24) is 0 Å². The minimum Gasteiger partial charge on any atom is -0.326 e. The zero-order chi connectivity index (χ0) is 12.0. The predicted molar refractivity (Wildman–Crippen MR) is 69.4 cm³/mol. The first kappa shape index (κ1) is 13.5. The predicted octanol–water partition coefficient (Wildman–Crippen LogP) is 1.67. The molecule has 5 heteroatoms. The highest BCUT2D eigenvalue weighted by atomic mass is 32.2. The molecule has 0 heterocycles. The van der Waals surface area contributed by atoms with Crippen LogP contribution >= 0.6 is 11.8 Å². The highest BCUT2D eigenvalue weighted by Gasteiger charge is 2.02. The van der Waals surface area contributed by atoms with Crippen molar-refractivity contribution in [3.63, 3.8) is 0 Å². The second-order valence-corrected chi connectivity index (χ2v) is 7.11. The summed E-state index contributed by atoms with van der Waals surface area (Å²) >= 11 is 1.67. The van der Waals surface area contributed by atoms with Crippen LogP contribution in [0.3, 0.4) is 0 Å². The van der Waals surface area contributed by atoms with E-state index in [0.29, 0.717) is 13.0 Å². The van der Waals surface area contributed by atoms with Crippen molar-refractivity contribution >= 4 is 21.6 Å². The summed E-state index contributed by atoms with van der Waals surface area (Å²) < 4.78 is 21.8. The molecule has 1 rings (SSSR count). The molecule has 2 N–H and O–H groups in total. The van der Waals surface area contributed by atoms with Gasteiger partial charge < -0.3 is 5.73 Å². The van der Waals surface area contributed by atoms with Gasteiger partial charge in [-0.05, 0) is 29.9 Å². The molecular formula is C11H17NO2S2. The molecule has 90 valence electrons. The van der Waals surface area contributed by atoms with Crippen LogP contribution in [0.15, 0.2) is 29.2 Å². The SMILES string of the molecule is CS(=O)(=O)CCCSc1cccc(CN)c1. The van der Waals surface area contributed by atoms with Gasteiger partial charge >= 0.3 is 0 Å². The van der Waals surface area contributed by atoms with E-state index in [9.17, 15) is 8.42 Å². The molecule has 1 aromatic rings. The highest BCUT2D eigenvalue weighted by molar-refractivity contribution is 7.99. The number of rotatable bonds is 6. The average molecular weight is 259 g/mol. The monoisotopic (exact) mass is 259 g/mol. The third-order valence-electron chi connectivity index (χ3n) is 2.06. The first-order valence-electron chi connectivity index (χ1n) is 5.11. The Hall–Kier alpha value is -0.520. The fourth-order valence-corrected chi connectivity index (χ4v) is 3.06. The number of hydrogen-bond donors (Lipinski definition) is 1. The Morgan fingerprint density at radius 1 is 1.38 bits per heavy atom. The Labute approximate surface area is 101 Å². The van der Waals surface area contributed by atoms with Gasteiger partial charge in [-0.15, -0.1) is 11.8 Å². The Balaban J connectivity index is 2.37. The van der Waals surface area contributed by atoms with E-state index in [1.807, 2.05) is 24.3 Å². The van der Waals surface area contributed by atoms with Gasteiger partial charge in [0.05, 0.1) is 5.75 Å². The Bertz CT molecular complexity index is 429. The van der Waals surface area contributed by atoms with Gasteiger partial charge in [-0.1, -0.05) is 12.1 Å². The zero-order valence-corrected chi connectivity index (χ0v) is 11.0. The molecule has 1 aromatic carbocycles. The van der Waals surface area contributed by atoms with E-state index in [-0.39, 0.29) is 5.75 Å². The largest absolute Gasteiger partial charge is 0.326 e. The highest BCUT2D eigenvalue weighted by Crippen LogP contribution is 2.19. The smallest absolute Gasteiger partial charge is 0.147 e. The summed E-state index contributed by atoms with van der Waals surface area (Å²) in [6, 6.07) is 8.02. The van der Waals surface area contributed by atoms with Crippen LogP contribution < -0.4 is 5.73 Å². The van der Waals surface area contributed by atoms with E-state index in [0.717, 1.165) is 16.2 Å². The zero-order valence-electron chi connectivity index (χ0n) is 9.35. The summed E-state index contributed by atoms with van der Waals surface area (Å²) in [6.45, 7) is 0.539. The van der Waals surface area contributed by atoms with Gasteiger partial charge in [0.15, 0.2) is 0 Å². The molecule has 0 saturated carbocycles. The maximum Gasteiger partial charge on any atom is 0.147 e. The maximum atomic E-state index is 10.9. The molecule has 0 saturated heterocycles. The number of nitrogens with two attached hydrogens (primary N) is 1. The van der Waals surface area contributed by atoms with Gasteiger partial charge in [0.25, 0.3) is 0 Å². The molecule has 0 bridgehead atoms. The molecule has 0 atom stereocenters. The van der Waals surface area contributed by atoms with Crippen molar-refractivity contribution in [1.29, 1.82) is 0 Å². The maximum absolute atomic E-state index is 10.9. The minimum absolute atomic E-state index is 0.260. The third kappa shape index (κ3) is 5.53. The minimum atomic E-state index is -2.82. The average Bonchev–Trinajstić information content (AvgIpc) is 2.23. The lowest BCUT2D eigenvalue weighted by molar-refractivity contribution is 0.600. The molecule has 0 unspecified atom stereocenters. The summed E-state index contributed by atoms with van der Waals surface area (Å²) in [5.74, 6) is 1.08. The molecule has 0 aliphatic carbocycles. The topological polar surface area (TPSA) is 60.2 Å². The Kier molecular flexibility index (Phi) is 5.31. The quantitative estimate of drug-likeness (QED) is 0.623. The molecule has 16 heavy (non-hydrogen) atoms. The summed E-state index contributed by atoms with van der Waals surface area (Å²) in [7, 11) is -2.82. The number of hydrogen-bond acceptors (Lipinski definition) is 4. The molecule has 0 aliphatic heterocycles. The van der Waals surface area contributed by atoms with Crippen LogP contribution in [-0.2, 0) is 16.4 Å². The Morgan fingerprint density at radius 2 is 2.12 bits per heavy atom. The molecule has 3 nitrogen and oxygen atoms in total. The number of sulfone groups is 1. The van der Waals surface area contributed by atoms with E-state index in [4.69, 9.17) is 5.73 Å². The standard InChI is InChI=1S/C11H17NO2S2/c1-16(13,14)7-3-6-15-11-5-2-4-10(8-11)9-12/h2,4-5,8H,3,6-7,9,12H2,1H3. The third-order valence-corrected chi connectivity index (χ3v) is 4.17. The normalized spacial score (nSPS) is 11.6. The summed E-state index contributed by atoms with van der Waals surface area (Å²) in [5.41, 5.74) is 6.65. The Morgan fingerprint density at radius 3 is 2.75 bits per heavy atom. The second kappa shape index (κ2) is 6.27. The molecule has 0 amide bonds. The number of benzene rings is 1. The second-order valence-electron chi connectivity index (χ2n) is 3.68. The lowest BCUT2D eigenvalue weighted by atomic mass is 10.2. The molecule has 0 radical (unpaired) electrons. The molecular weight excluding hydrogens is 242 g/mol. The van der Waals surface area contributed by atoms with E-state index < -0.39 is 9.84 Å². The van der Waals surface area contributed by atoms with Crippen LogP contribution in [0, 0.1) is 0 Å². The van der Waals surface area contributed by atoms with E-state index in [1.165, 1.54) is 6.26 Å². The van der Waals surface area contributed by atoms with E-state index in [2.05, 4.69) is 0 Å². The van der Waals surface area contributed by atoms with Crippen molar-refractivity contribution in [3.05, 3.63) is 29.8 Å². The molecule has 0 spiro atoms. The number of thioether (sulfide) groups is 1. The summed E-state index contributed by atoms with van der Waals surface area (Å²) in [5, 5.41) is 0. The first-order chi connectivity index (χ1) is 7.51. The van der Waals surface area contributed by atoms with Crippen LogP contribution in [0.2, 0.25) is 0 Å². The van der Waals surface area contributed by atoms with Crippen LogP contribution in [0.4, 0.5) is 0 Å². The van der Waals surface area contributed by atoms with Gasteiger partial charge in [0.2, 0.25) is 0 Å². The van der Waals surface area contributed by atoms with E-state index >= 15 is 0 Å². The van der Waals surface area contributed by atoms with Crippen molar-refractivity contribution in [2.75, 3.05) is 17.8 Å².